The lowest BCUT2D eigenvalue weighted by Crippen LogP contribution is -2.26. The Balaban J connectivity index is 2.46. The summed E-state index contributed by atoms with van der Waals surface area (Å²) in [5.74, 6) is -0.644. The Hall–Kier alpha value is -0.130. The van der Waals surface area contributed by atoms with Crippen LogP contribution in [0.1, 0.15) is 6.42 Å². The molecule has 4 nitrogen and oxygen atoms in total. The first-order chi connectivity index (χ1) is 5.15. The fourth-order valence-corrected chi connectivity index (χ4v) is 1.34. The standard InChI is InChI=1S/C6H9BrO4/c7-2-4(9)5-1-3(8)6(10)11-5/h3-5,8-9H,1-2H2/t3-,4+,5-/m0/s1. The SMILES string of the molecule is O=C1O[C@H]([C@H](O)CBr)C[C@@H]1O. The molecular weight excluding hydrogens is 216 g/mol. The molecule has 1 aliphatic heterocycles. The smallest absolute Gasteiger partial charge is 0.335 e. The van der Waals surface area contributed by atoms with E-state index in [4.69, 9.17) is 10.2 Å². The van der Waals surface area contributed by atoms with Crippen LogP contribution in [0.4, 0.5) is 0 Å². The molecule has 0 amide bonds. The van der Waals surface area contributed by atoms with Gasteiger partial charge in [-0.1, -0.05) is 15.9 Å². The van der Waals surface area contributed by atoms with Crippen molar-refractivity contribution in [2.24, 2.45) is 0 Å². The number of esters is 1. The van der Waals surface area contributed by atoms with Crippen LogP contribution in [-0.2, 0) is 9.53 Å². The van der Waals surface area contributed by atoms with E-state index in [1.807, 2.05) is 0 Å². The third-order valence-electron chi connectivity index (χ3n) is 1.58. The van der Waals surface area contributed by atoms with E-state index in [9.17, 15) is 4.79 Å². The zero-order valence-corrected chi connectivity index (χ0v) is 7.32. The largest absolute Gasteiger partial charge is 0.458 e. The summed E-state index contributed by atoms with van der Waals surface area (Å²) in [4.78, 5) is 10.6. The first-order valence-corrected chi connectivity index (χ1v) is 4.40. The summed E-state index contributed by atoms with van der Waals surface area (Å²) in [6.45, 7) is 0. The van der Waals surface area contributed by atoms with Crippen molar-refractivity contribution in [3.05, 3.63) is 0 Å². The van der Waals surface area contributed by atoms with Gasteiger partial charge in [0, 0.05) is 11.8 Å². The van der Waals surface area contributed by atoms with Gasteiger partial charge >= 0.3 is 5.97 Å². The average molecular weight is 225 g/mol. The van der Waals surface area contributed by atoms with Gasteiger partial charge < -0.3 is 14.9 Å². The maximum atomic E-state index is 10.6. The molecule has 0 aromatic carbocycles. The number of carbonyl (C=O) groups is 1. The Labute approximate surface area is 72.3 Å². The van der Waals surface area contributed by atoms with Crippen LogP contribution in [0.2, 0.25) is 0 Å². The third-order valence-corrected chi connectivity index (χ3v) is 2.25. The van der Waals surface area contributed by atoms with Crippen LogP contribution >= 0.6 is 15.9 Å². The number of hydrogen-bond acceptors (Lipinski definition) is 4. The van der Waals surface area contributed by atoms with Crippen LogP contribution in [0.3, 0.4) is 0 Å². The summed E-state index contributed by atoms with van der Waals surface area (Å²) in [5.41, 5.74) is 0. The molecule has 64 valence electrons. The van der Waals surface area contributed by atoms with Gasteiger partial charge in [-0.2, -0.15) is 0 Å². The van der Waals surface area contributed by atoms with Gasteiger partial charge in [0.1, 0.15) is 12.2 Å². The molecule has 2 N–H and O–H groups in total. The van der Waals surface area contributed by atoms with Crippen LogP contribution in [0, 0.1) is 0 Å². The van der Waals surface area contributed by atoms with E-state index in [0.29, 0.717) is 5.33 Å². The summed E-state index contributed by atoms with van der Waals surface area (Å²) in [6, 6.07) is 0. The van der Waals surface area contributed by atoms with Crippen molar-refractivity contribution in [3.63, 3.8) is 0 Å². The summed E-state index contributed by atoms with van der Waals surface area (Å²) < 4.78 is 4.66. The van der Waals surface area contributed by atoms with Crippen molar-refractivity contribution in [3.8, 4) is 0 Å². The Bertz CT molecular complexity index is 161. The normalized spacial score (nSPS) is 33.5. The molecule has 3 atom stereocenters. The van der Waals surface area contributed by atoms with Gasteiger partial charge in [-0.15, -0.1) is 0 Å². The third kappa shape index (κ3) is 1.91. The number of cyclic esters (lactones) is 1. The summed E-state index contributed by atoms with van der Waals surface area (Å²) in [5, 5.41) is 18.4. The maximum Gasteiger partial charge on any atom is 0.335 e. The van der Waals surface area contributed by atoms with Crippen LogP contribution in [0.25, 0.3) is 0 Å². The highest BCUT2D eigenvalue weighted by Crippen LogP contribution is 2.18. The van der Waals surface area contributed by atoms with Crippen LogP contribution < -0.4 is 0 Å². The van der Waals surface area contributed by atoms with Crippen molar-refractivity contribution in [1.29, 1.82) is 0 Å². The first kappa shape index (κ1) is 8.96. The topological polar surface area (TPSA) is 66.8 Å². The van der Waals surface area contributed by atoms with Gasteiger partial charge in [0.25, 0.3) is 0 Å². The lowest BCUT2D eigenvalue weighted by Gasteiger charge is -2.12. The predicted molar refractivity (Wildman–Crippen MR) is 40.3 cm³/mol. The highest BCUT2D eigenvalue weighted by Gasteiger charge is 2.36. The minimum Gasteiger partial charge on any atom is -0.458 e. The fraction of sp³-hybridized carbons (Fsp3) is 0.833. The van der Waals surface area contributed by atoms with Crippen LogP contribution in [0.15, 0.2) is 0 Å². The van der Waals surface area contributed by atoms with Gasteiger partial charge in [-0.05, 0) is 0 Å². The van der Waals surface area contributed by atoms with E-state index >= 15 is 0 Å². The molecule has 5 heteroatoms. The Morgan fingerprint density at radius 3 is 2.82 bits per heavy atom. The predicted octanol–water partition coefficient (Wildman–Crippen LogP) is -0.581. The van der Waals surface area contributed by atoms with Crippen LogP contribution in [-0.4, -0.2) is 39.8 Å². The molecule has 1 heterocycles. The molecule has 0 bridgehead atoms. The molecule has 0 aliphatic carbocycles. The minimum absolute atomic E-state index is 0.186. The maximum absolute atomic E-state index is 10.6. The molecule has 0 radical (unpaired) electrons. The molecule has 0 aromatic rings. The van der Waals surface area contributed by atoms with Crippen LogP contribution in [0.5, 0.6) is 0 Å². The lowest BCUT2D eigenvalue weighted by molar-refractivity contribution is -0.149. The van der Waals surface area contributed by atoms with Gasteiger partial charge in [0.05, 0.1) is 0 Å². The zero-order valence-electron chi connectivity index (χ0n) is 5.74. The highest BCUT2D eigenvalue weighted by molar-refractivity contribution is 9.09. The second-order valence-corrected chi connectivity index (χ2v) is 3.10. The molecule has 0 spiro atoms. The van der Waals surface area contributed by atoms with E-state index < -0.39 is 24.3 Å². The Morgan fingerprint density at radius 2 is 2.45 bits per heavy atom. The lowest BCUT2D eigenvalue weighted by atomic mass is 10.1. The minimum atomic E-state index is -1.06. The van der Waals surface area contributed by atoms with Gasteiger partial charge in [-0.3, -0.25) is 0 Å². The van der Waals surface area contributed by atoms with E-state index in [2.05, 4.69) is 20.7 Å². The van der Waals surface area contributed by atoms with E-state index in [1.54, 1.807) is 0 Å². The number of carbonyl (C=O) groups excluding carboxylic acids is 1. The van der Waals surface area contributed by atoms with Crippen molar-refractivity contribution in [2.45, 2.75) is 24.7 Å². The number of halogens is 1. The summed E-state index contributed by atoms with van der Waals surface area (Å²) >= 11 is 3.04. The quantitative estimate of drug-likeness (QED) is 0.487. The number of aliphatic hydroxyl groups excluding tert-OH is 2. The molecule has 1 aliphatic rings. The second-order valence-electron chi connectivity index (χ2n) is 2.45. The molecule has 1 fully saturated rings. The Kier molecular flexibility index (Phi) is 2.86. The molecule has 1 rings (SSSR count). The first-order valence-electron chi connectivity index (χ1n) is 3.27. The zero-order chi connectivity index (χ0) is 8.43. The summed E-state index contributed by atoms with van der Waals surface area (Å²) in [7, 11) is 0. The summed E-state index contributed by atoms with van der Waals surface area (Å²) in [6.07, 6.45) is -2.16. The number of rotatable bonds is 2. The van der Waals surface area contributed by atoms with Crippen molar-refractivity contribution in [2.75, 3.05) is 5.33 Å². The van der Waals surface area contributed by atoms with E-state index in [-0.39, 0.29) is 6.42 Å². The van der Waals surface area contributed by atoms with E-state index in [1.165, 1.54) is 0 Å². The van der Waals surface area contributed by atoms with Crippen molar-refractivity contribution >= 4 is 21.9 Å². The van der Waals surface area contributed by atoms with Crippen molar-refractivity contribution < 1.29 is 19.7 Å². The number of ether oxygens (including phenoxy) is 1. The van der Waals surface area contributed by atoms with E-state index in [0.717, 1.165) is 0 Å². The molecule has 0 saturated carbocycles. The number of alkyl halides is 1. The highest BCUT2D eigenvalue weighted by atomic mass is 79.9. The number of aliphatic hydroxyl groups is 2. The van der Waals surface area contributed by atoms with Gasteiger partial charge in [-0.25, -0.2) is 4.79 Å². The Morgan fingerprint density at radius 1 is 1.82 bits per heavy atom. The monoisotopic (exact) mass is 224 g/mol. The number of hydrogen-bond donors (Lipinski definition) is 2. The van der Waals surface area contributed by atoms with Gasteiger partial charge in [0.15, 0.2) is 6.10 Å². The molecule has 1 saturated heterocycles. The van der Waals surface area contributed by atoms with Gasteiger partial charge in [0.2, 0.25) is 0 Å². The second kappa shape index (κ2) is 3.51. The molecule has 0 unspecified atom stereocenters. The molecular formula is C6H9BrO4. The fourth-order valence-electron chi connectivity index (χ4n) is 0.927. The molecule has 11 heavy (non-hydrogen) atoms. The average Bonchev–Trinajstić information content (AvgIpc) is 2.31. The molecule has 0 aromatic heterocycles. The van der Waals surface area contributed by atoms with Crippen molar-refractivity contribution in [1.82, 2.24) is 0 Å².